The molecule has 1 saturated carbocycles. The van der Waals surface area contributed by atoms with Gasteiger partial charge in [0.2, 0.25) is 0 Å². The van der Waals surface area contributed by atoms with Gasteiger partial charge in [-0.3, -0.25) is 0 Å². The third-order valence-corrected chi connectivity index (χ3v) is 5.14. The molecule has 1 aliphatic rings. The van der Waals surface area contributed by atoms with Crippen molar-refractivity contribution in [1.29, 1.82) is 0 Å². The summed E-state index contributed by atoms with van der Waals surface area (Å²) in [4.78, 5) is 0. The Morgan fingerprint density at radius 1 is 1.33 bits per heavy atom. The summed E-state index contributed by atoms with van der Waals surface area (Å²) in [7, 11) is 2.03. The Bertz CT molecular complexity index is 427. The SMILES string of the molecule is CCCC1CCC(CNC)(OCc2cccc(Br)c2)CC1. The quantitative estimate of drug-likeness (QED) is 0.751. The molecular weight excluding hydrogens is 326 g/mol. The van der Waals surface area contributed by atoms with E-state index >= 15 is 0 Å². The molecule has 0 atom stereocenters. The van der Waals surface area contributed by atoms with Crippen LogP contribution in [0, 0.1) is 5.92 Å². The number of hydrogen-bond acceptors (Lipinski definition) is 2. The maximum atomic E-state index is 6.40. The third-order valence-electron chi connectivity index (χ3n) is 4.65. The Balaban J connectivity index is 1.93. The molecule has 2 nitrogen and oxygen atoms in total. The van der Waals surface area contributed by atoms with Crippen LogP contribution in [0.3, 0.4) is 0 Å². The average molecular weight is 354 g/mol. The number of hydrogen-bond donors (Lipinski definition) is 1. The minimum Gasteiger partial charge on any atom is -0.369 e. The van der Waals surface area contributed by atoms with E-state index in [-0.39, 0.29) is 5.60 Å². The smallest absolute Gasteiger partial charge is 0.0810 e. The second-order valence-electron chi connectivity index (χ2n) is 6.36. The van der Waals surface area contributed by atoms with Crippen molar-refractivity contribution in [2.45, 2.75) is 57.7 Å². The van der Waals surface area contributed by atoms with Crippen LogP contribution in [-0.2, 0) is 11.3 Å². The predicted octanol–water partition coefficient (Wildman–Crippen LogP) is 4.91. The van der Waals surface area contributed by atoms with Crippen LogP contribution in [0.25, 0.3) is 0 Å². The minimum atomic E-state index is 0.0291. The summed E-state index contributed by atoms with van der Waals surface area (Å²) >= 11 is 3.53. The fraction of sp³-hybridized carbons (Fsp3) is 0.667. The van der Waals surface area contributed by atoms with Crippen molar-refractivity contribution in [1.82, 2.24) is 5.32 Å². The highest BCUT2D eigenvalue weighted by atomic mass is 79.9. The van der Waals surface area contributed by atoms with Crippen LogP contribution < -0.4 is 5.32 Å². The first kappa shape index (κ1) is 17.0. The largest absolute Gasteiger partial charge is 0.369 e. The van der Waals surface area contributed by atoms with Crippen molar-refractivity contribution in [3.8, 4) is 0 Å². The van der Waals surface area contributed by atoms with Gasteiger partial charge in [0.1, 0.15) is 0 Å². The maximum absolute atomic E-state index is 6.40. The Morgan fingerprint density at radius 3 is 2.71 bits per heavy atom. The molecule has 0 spiro atoms. The van der Waals surface area contributed by atoms with Gasteiger partial charge in [-0.2, -0.15) is 0 Å². The molecule has 0 bridgehead atoms. The van der Waals surface area contributed by atoms with E-state index in [9.17, 15) is 0 Å². The zero-order valence-electron chi connectivity index (χ0n) is 13.3. The van der Waals surface area contributed by atoms with Crippen LogP contribution in [-0.4, -0.2) is 19.2 Å². The van der Waals surface area contributed by atoms with Crippen LogP contribution >= 0.6 is 15.9 Å². The predicted molar refractivity (Wildman–Crippen MR) is 92.5 cm³/mol. The molecule has 0 saturated heterocycles. The Morgan fingerprint density at radius 2 is 2.10 bits per heavy atom. The summed E-state index contributed by atoms with van der Waals surface area (Å²) in [6.45, 7) is 3.96. The molecule has 118 valence electrons. The number of rotatable bonds is 7. The number of benzene rings is 1. The number of ether oxygens (including phenoxy) is 1. The second kappa shape index (κ2) is 8.30. The Hall–Kier alpha value is -0.380. The molecule has 21 heavy (non-hydrogen) atoms. The minimum absolute atomic E-state index is 0.0291. The van der Waals surface area contributed by atoms with Gasteiger partial charge < -0.3 is 10.1 Å². The highest BCUT2D eigenvalue weighted by Crippen LogP contribution is 2.37. The molecule has 0 radical (unpaired) electrons. The van der Waals surface area contributed by atoms with Gasteiger partial charge in [-0.05, 0) is 56.3 Å². The fourth-order valence-electron chi connectivity index (χ4n) is 3.46. The van der Waals surface area contributed by atoms with Crippen molar-refractivity contribution >= 4 is 15.9 Å². The van der Waals surface area contributed by atoms with Crippen LogP contribution in [0.5, 0.6) is 0 Å². The standard InChI is InChI=1S/C18H28BrNO/c1-3-5-15-8-10-18(11-9-15,14-20-2)21-13-16-6-4-7-17(19)12-16/h4,6-7,12,15,20H,3,5,8-11,13-14H2,1-2H3. The van der Waals surface area contributed by atoms with E-state index in [4.69, 9.17) is 4.74 Å². The molecule has 1 aliphatic carbocycles. The van der Waals surface area contributed by atoms with Crippen molar-refractivity contribution in [3.63, 3.8) is 0 Å². The van der Waals surface area contributed by atoms with Crippen LogP contribution in [0.1, 0.15) is 51.0 Å². The summed E-state index contributed by atoms with van der Waals surface area (Å²) in [5.41, 5.74) is 1.27. The van der Waals surface area contributed by atoms with Crippen LogP contribution in [0.4, 0.5) is 0 Å². The van der Waals surface area contributed by atoms with E-state index in [0.717, 1.165) is 16.9 Å². The van der Waals surface area contributed by atoms with Gasteiger partial charge in [0.15, 0.2) is 0 Å². The first-order valence-electron chi connectivity index (χ1n) is 8.20. The molecule has 2 rings (SSSR count). The van der Waals surface area contributed by atoms with E-state index in [1.807, 2.05) is 7.05 Å². The Kier molecular flexibility index (Phi) is 6.72. The fourth-order valence-corrected chi connectivity index (χ4v) is 3.90. The summed E-state index contributed by atoms with van der Waals surface area (Å²) < 4.78 is 7.52. The van der Waals surface area contributed by atoms with E-state index in [1.54, 1.807) is 0 Å². The lowest BCUT2D eigenvalue weighted by Gasteiger charge is -2.40. The zero-order chi connectivity index (χ0) is 15.1. The molecule has 0 heterocycles. The number of likely N-dealkylation sites (N-methyl/N-ethyl adjacent to an activating group) is 1. The Labute approximate surface area is 137 Å². The van der Waals surface area contributed by atoms with Crippen LogP contribution in [0.2, 0.25) is 0 Å². The lowest BCUT2D eigenvalue weighted by Crippen LogP contribution is -2.45. The first-order valence-corrected chi connectivity index (χ1v) is 9.00. The van der Waals surface area contributed by atoms with Crippen molar-refractivity contribution in [3.05, 3.63) is 34.3 Å². The van der Waals surface area contributed by atoms with Crippen molar-refractivity contribution in [2.75, 3.05) is 13.6 Å². The van der Waals surface area contributed by atoms with Crippen molar-refractivity contribution < 1.29 is 4.74 Å². The van der Waals surface area contributed by atoms with Gasteiger partial charge in [-0.15, -0.1) is 0 Å². The van der Waals surface area contributed by atoms with E-state index < -0.39 is 0 Å². The third kappa shape index (κ3) is 5.08. The monoisotopic (exact) mass is 353 g/mol. The molecule has 3 heteroatoms. The second-order valence-corrected chi connectivity index (χ2v) is 7.28. The summed E-state index contributed by atoms with van der Waals surface area (Å²) in [6.07, 6.45) is 7.69. The van der Waals surface area contributed by atoms with Gasteiger partial charge in [-0.1, -0.05) is 47.8 Å². The molecule has 0 aliphatic heterocycles. The lowest BCUT2D eigenvalue weighted by molar-refractivity contribution is -0.0856. The van der Waals surface area contributed by atoms with Crippen LogP contribution in [0.15, 0.2) is 28.7 Å². The molecule has 0 amide bonds. The van der Waals surface area contributed by atoms with Gasteiger partial charge in [0.05, 0.1) is 12.2 Å². The lowest BCUT2D eigenvalue weighted by atomic mass is 9.77. The topological polar surface area (TPSA) is 21.3 Å². The molecule has 0 aromatic heterocycles. The summed E-state index contributed by atoms with van der Waals surface area (Å²) in [5.74, 6) is 0.912. The van der Waals surface area contributed by atoms with E-state index in [0.29, 0.717) is 6.61 Å². The summed E-state index contributed by atoms with van der Waals surface area (Å²) in [5, 5.41) is 3.34. The van der Waals surface area contributed by atoms with Crippen molar-refractivity contribution in [2.24, 2.45) is 5.92 Å². The highest BCUT2D eigenvalue weighted by Gasteiger charge is 2.35. The maximum Gasteiger partial charge on any atom is 0.0810 e. The molecular formula is C18H28BrNO. The molecule has 1 aromatic carbocycles. The zero-order valence-corrected chi connectivity index (χ0v) is 14.9. The van der Waals surface area contributed by atoms with Gasteiger partial charge in [-0.25, -0.2) is 0 Å². The molecule has 0 unspecified atom stereocenters. The summed E-state index contributed by atoms with van der Waals surface area (Å²) in [6, 6.07) is 8.42. The first-order chi connectivity index (χ1) is 10.2. The van der Waals surface area contributed by atoms with E-state index in [1.165, 1.54) is 44.1 Å². The van der Waals surface area contributed by atoms with Gasteiger partial charge in [0.25, 0.3) is 0 Å². The average Bonchev–Trinajstić information content (AvgIpc) is 2.48. The molecule has 1 fully saturated rings. The van der Waals surface area contributed by atoms with E-state index in [2.05, 4.69) is 52.4 Å². The number of halogens is 1. The van der Waals surface area contributed by atoms with Gasteiger partial charge in [0, 0.05) is 11.0 Å². The van der Waals surface area contributed by atoms with Gasteiger partial charge >= 0.3 is 0 Å². The number of nitrogens with one attached hydrogen (secondary N) is 1. The normalized spacial score (nSPS) is 26.0. The molecule has 1 aromatic rings. The molecule has 1 N–H and O–H groups in total. The highest BCUT2D eigenvalue weighted by molar-refractivity contribution is 9.10.